The lowest BCUT2D eigenvalue weighted by molar-refractivity contribution is 0.0730. The average molecular weight is 350 g/mol. The van der Waals surface area contributed by atoms with E-state index in [1.807, 2.05) is 47.4 Å². The van der Waals surface area contributed by atoms with Crippen molar-refractivity contribution in [1.82, 2.24) is 19.9 Å². The molecule has 2 aromatic heterocycles. The van der Waals surface area contributed by atoms with Crippen molar-refractivity contribution >= 4 is 23.3 Å². The third-order valence-corrected chi connectivity index (χ3v) is 5.28. The van der Waals surface area contributed by atoms with Crippen molar-refractivity contribution in [2.24, 2.45) is 0 Å². The zero-order valence-corrected chi connectivity index (χ0v) is 14.5. The van der Waals surface area contributed by atoms with Gasteiger partial charge < -0.3 is 4.90 Å². The van der Waals surface area contributed by atoms with Gasteiger partial charge in [0, 0.05) is 18.0 Å². The molecule has 0 atom stereocenters. The summed E-state index contributed by atoms with van der Waals surface area (Å²) in [5.41, 5.74) is 2.80. The van der Waals surface area contributed by atoms with Crippen LogP contribution in [0, 0.1) is 0 Å². The van der Waals surface area contributed by atoms with Gasteiger partial charge in [-0.1, -0.05) is 47.7 Å². The van der Waals surface area contributed by atoms with E-state index in [2.05, 4.69) is 21.8 Å². The summed E-state index contributed by atoms with van der Waals surface area (Å²) in [6.45, 7) is 2.00. The minimum Gasteiger partial charge on any atom is -0.332 e. The van der Waals surface area contributed by atoms with Gasteiger partial charge in [0.15, 0.2) is 5.69 Å². The van der Waals surface area contributed by atoms with Gasteiger partial charge in [0.1, 0.15) is 0 Å². The van der Waals surface area contributed by atoms with Crippen LogP contribution in [0.3, 0.4) is 0 Å². The van der Waals surface area contributed by atoms with E-state index in [9.17, 15) is 4.79 Å². The molecule has 0 bridgehead atoms. The van der Waals surface area contributed by atoms with Crippen LogP contribution in [-0.4, -0.2) is 32.3 Å². The van der Waals surface area contributed by atoms with Crippen LogP contribution in [0.5, 0.6) is 0 Å². The molecule has 1 aliphatic heterocycles. The second-order valence-corrected chi connectivity index (χ2v) is 6.99. The maximum Gasteiger partial charge on any atom is 0.276 e. The number of hydrogen-bond acceptors (Lipinski definition) is 4. The Balaban J connectivity index is 1.39. The van der Waals surface area contributed by atoms with Crippen molar-refractivity contribution in [3.63, 3.8) is 0 Å². The number of hydrogen-bond donors (Lipinski definition) is 0. The average Bonchev–Trinajstić information content (AvgIpc) is 3.30. The van der Waals surface area contributed by atoms with Crippen LogP contribution in [0.15, 0.2) is 54.1 Å². The SMILES string of the molecule is O=C(c1cn(C/C=C/c2ccccc2)nn1)N1CCc2sccc2C1. The molecule has 1 amide bonds. The van der Waals surface area contributed by atoms with Gasteiger partial charge >= 0.3 is 0 Å². The van der Waals surface area contributed by atoms with Crippen LogP contribution in [0.1, 0.15) is 26.5 Å². The molecule has 0 fully saturated rings. The molecule has 3 heterocycles. The molecule has 0 radical (unpaired) electrons. The van der Waals surface area contributed by atoms with Crippen LogP contribution in [0.4, 0.5) is 0 Å². The molecule has 0 unspecified atom stereocenters. The van der Waals surface area contributed by atoms with E-state index in [4.69, 9.17) is 0 Å². The molecule has 0 saturated carbocycles. The van der Waals surface area contributed by atoms with Crippen molar-refractivity contribution in [3.05, 3.63) is 75.7 Å². The van der Waals surface area contributed by atoms with E-state index in [0.717, 1.165) is 18.5 Å². The lowest BCUT2D eigenvalue weighted by Crippen LogP contribution is -2.35. The van der Waals surface area contributed by atoms with Crippen LogP contribution >= 0.6 is 11.3 Å². The minimum atomic E-state index is -0.0462. The second-order valence-electron chi connectivity index (χ2n) is 5.98. The fourth-order valence-electron chi connectivity index (χ4n) is 2.93. The van der Waals surface area contributed by atoms with Crippen molar-refractivity contribution in [1.29, 1.82) is 0 Å². The number of thiophene rings is 1. The van der Waals surface area contributed by atoms with E-state index in [1.165, 1.54) is 10.4 Å². The summed E-state index contributed by atoms with van der Waals surface area (Å²) < 4.78 is 1.69. The summed E-state index contributed by atoms with van der Waals surface area (Å²) in [6.07, 6.45) is 6.69. The standard InChI is InChI=1S/C19H18N4OS/c24-19(22-11-8-18-16(13-22)9-12-25-18)17-14-23(21-20-17)10-4-7-15-5-2-1-3-6-15/h1-7,9,12,14H,8,10-11,13H2/b7-4+. The van der Waals surface area contributed by atoms with Crippen molar-refractivity contribution < 1.29 is 4.79 Å². The molecular formula is C19H18N4OS. The molecule has 0 N–H and O–H groups in total. The molecule has 25 heavy (non-hydrogen) atoms. The summed E-state index contributed by atoms with van der Waals surface area (Å²) in [5.74, 6) is -0.0462. The predicted octanol–water partition coefficient (Wildman–Crippen LogP) is 3.25. The van der Waals surface area contributed by atoms with E-state index >= 15 is 0 Å². The van der Waals surface area contributed by atoms with E-state index < -0.39 is 0 Å². The van der Waals surface area contributed by atoms with Gasteiger partial charge in [0.25, 0.3) is 5.91 Å². The number of benzene rings is 1. The number of nitrogens with zero attached hydrogens (tertiary/aromatic N) is 4. The zero-order valence-electron chi connectivity index (χ0n) is 13.7. The minimum absolute atomic E-state index is 0.0462. The number of aromatic nitrogens is 3. The molecule has 4 rings (SSSR count). The summed E-state index contributed by atoms with van der Waals surface area (Å²) in [7, 11) is 0. The van der Waals surface area contributed by atoms with E-state index in [0.29, 0.717) is 18.8 Å². The first-order valence-electron chi connectivity index (χ1n) is 8.26. The third-order valence-electron chi connectivity index (χ3n) is 4.25. The molecular weight excluding hydrogens is 332 g/mol. The Morgan fingerprint density at radius 2 is 2.12 bits per heavy atom. The summed E-state index contributed by atoms with van der Waals surface area (Å²) in [6, 6.07) is 12.2. The molecule has 6 heteroatoms. The molecule has 1 aromatic carbocycles. The Kier molecular flexibility index (Phi) is 4.43. The Morgan fingerprint density at radius 1 is 1.24 bits per heavy atom. The Morgan fingerprint density at radius 3 is 3.00 bits per heavy atom. The van der Waals surface area contributed by atoms with Crippen molar-refractivity contribution in [2.45, 2.75) is 19.5 Å². The van der Waals surface area contributed by atoms with Crippen LogP contribution in [-0.2, 0) is 19.5 Å². The van der Waals surface area contributed by atoms with Gasteiger partial charge in [0.05, 0.1) is 12.7 Å². The number of fused-ring (bicyclic) bond motifs is 1. The molecule has 1 aliphatic rings. The first-order valence-corrected chi connectivity index (χ1v) is 9.14. The Bertz CT molecular complexity index is 897. The first-order chi connectivity index (χ1) is 12.3. The number of carbonyl (C=O) groups is 1. The largest absolute Gasteiger partial charge is 0.332 e. The maximum atomic E-state index is 12.6. The van der Waals surface area contributed by atoms with Gasteiger partial charge in [0.2, 0.25) is 0 Å². The predicted molar refractivity (Wildman–Crippen MR) is 98.3 cm³/mol. The lowest BCUT2D eigenvalue weighted by atomic mass is 10.1. The monoisotopic (exact) mass is 350 g/mol. The van der Waals surface area contributed by atoms with E-state index in [-0.39, 0.29) is 5.91 Å². The summed E-state index contributed by atoms with van der Waals surface area (Å²) in [4.78, 5) is 15.9. The fraction of sp³-hybridized carbons (Fsp3) is 0.211. The summed E-state index contributed by atoms with van der Waals surface area (Å²) in [5, 5.41) is 10.2. The highest BCUT2D eigenvalue weighted by atomic mass is 32.1. The Labute approximate surface area is 150 Å². The number of allylic oxidation sites excluding steroid dienone is 1. The normalized spacial score (nSPS) is 14.0. The topological polar surface area (TPSA) is 51.0 Å². The van der Waals surface area contributed by atoms with Gasteiger partial charge in [-0.05, 0) is 29.0 Å². The molecule has 0 aliphatic carbocycles. The van der Waals surface area contributed by atoms with Gasteiger partial charge in [-0.3, -0.25) is 4.79 Å². The van der Waals surface area contributed by atoms with Crippen molar-refractivity contribution in [2.75, 3.05) is 6.54 Å². The molecule has 5 nitrogen and oxygen atoms in total. The number of carbonyl (C=O) groups excluding carboxylic acids is 1. The fourth-order valence-corrected chi connectivity index (χ4v) is 3.82. The third kappa shape index (κ3) is 3.53. The molecule has 0 spiro atoms. The highest BCUT2D eigenvalue weighted by Gasteiger charge is 2.24. The molecule has 0 saturated heterocycles. The van der Waals surface area contributed by atoms with E-state index in [1.54, 1.807) is 22.2 Å². The van der Waals surface area contributed by atoms with Crippen LogP contribution in [0.2, 0.25) is 0 Å². The first kappa shape index (κ1) is 15.8. The van der Waals surface area contributed by atoms with Crippen LogP contribution < -0.4 is 0 Å². The molecule has 3 aromatic rings. The van der Waals surface area contributed by atoms with Crippen LogP contribution in [0.25, 0.3) is 6.08 Å². The maximum absolute atomic E-state index is 12.6. The quantitative estimate of drug-likeness (QED) is 0.726. The highest BCUT2D eigenvalue weighted by Crippen LogP contribution is 2.24. The second kappa shape index (κ2) is 7.03. The van der Waals surface area contributed by atoms with Gasteiger partial charge in [-0.2, -0.15) is 0 Å². The highest BCUT2D eigenvalue weighted by molar-refractivity contribution is 7.10. The van der Waals surface area contributed by atoms with Gasteiger partial charge in [-0.15, -0.1) is 16.4 Å². The lowest BCUT2D eigenvalue weighted by Gasteiger charge is -2.26. The number of amides is 1. The van der Waals surface area contributed by atoms with Crippen molar-refractivity contribution in [3.8, 4) is 0 Å². The summed E-state index contributed by atoms with van der Waals surface area (Å²) >= 11 is 1.77. The number of rotatable bonds is 4. The van der Waals surface area contributed by atoms with Gasteiger partial charge in [-0.25, -0.2) is 4.68 Å². The molecule has 126 valence electrons. The zero-order chi connectivity index (χ0) is 17.1. The smallest absolute Gasteiger partial charge is 0.276 e. The Hall–Kier alpha value is -2.73.